The van der Waals surface area contributed by atoms with Crippen LogP contribution in [0, 0.1) is 17.0 Å². The predicted octanol–water partition coefficient (Wildman–Crippen LogP) is 3.41. The van der Waals surface area contributed by atoms with Crippen molar-refractivity contribution in [2.75, 3.05) is 11.6 Å². The highest BCUT2D eigenvalue weighted by Gasteiger charge is 2.22. The first kappa shape index (κ1) is 17.4. The lowest BCUT2D eigenvalue weighted by molar-refractivity contribution is -0.387. The SMILES string of the molecule is Cc1ccc(CC(C)Nc2ccc([N+](=O)[O-])c(S(C)(=O)=O)c2)s1. The molecule has 1 aromatic carbocycles. The fourth-order valence-corrected chi connectivity index (χ4v) is 4.17. The molecule has 1 heterocycles. The summed E-state index contributed by atoms with van der Waals surface area (Å²) in [4.78, 5) is 12.5. The molecule has 0 aliphatic carbocycles. The van der Waals surface area contributed by atoms with Gasteiger partial charge in [0.05, 0.1) is 4.92 Å². The summed E-state index contributed by atoms with van der Waals surface area (Å²) in [6, 6.07) is 8.27. The Morgan fingerprint density at radius 3 is 2.52 bits per heavy atom. The van der Waals surface area contributed by atoms with Crippen LogP contribution in [0.3, 0.4) is 0 Å². The van der Waals surface area contributed by atoms with E-state index in [1.807, 2.05) is 13.8 Å². The van der Waals surface area contributed by atoms with Gasteiger partial charge in [-0.2, -0.15) is 0 Å². The van der Waals surface area contributed by atoms with E-state index in [1.54, 1.807) is 11.3 Å². The summed E-state index contributed by atoms with van der Waals surface area (Å²) in [7, 11) is -3.67. The molecule has 0 radical (unpaired) electrons. The number of nitro benzene ring substituents is 1. The molecule has 0 aliphatic heterocycles. The fourth-order valence-electron chi connectivity index (χ4n) is 2.28. The fraction of sp³-hybridized carbons (Fsp3) is 0.333. The number of benzene rings is 1. The van der Waals surface area contributed by atoms with Crippen LogP contribution in [0.2, 0.25) is 0 Å². The molecular weight excluding hydrogens is 336 g/mol. The highest BCUT2D eigenvalue weighted by Crippen LogP contribution is 2.27. The van der Waals surface area contributed by atoms with Crippen LogP contribution >= 0.6 is 11.3 Å². The van der Waals surface area contributed by atoms with Crippen molar-refractivity contribution in [1.29, 1.82) is 0 Å². The van der Waals surface area contributed by atoms with Gasteiger partial charge in [-0.3, -0.25) is 10.1 Å². The number of anilines is 1. The number of aryl methyl sites for hydroxylation is 1. The Morgan fingerprint density at radius 2 is 2.00 bits per heavy atom. The van der Waals surface area contributed by atoms with Crippen LogP contribution in [0.5, 0.6) is 0 Å². The number of thiophene rings is 1. The second-order valence-electron chi connectivity index (χ2n) is 5.47. The van der Waals surface area contributed by atoms with E-state index in [0.29, 0.717) is 5.69 Å². The molecule has 124 valence electrons. The number of nitrogens with one attached hydrogen (secondary N) is 1. The number of nitrogens with zero attached hydrogens (tertiary/aromatic N) is 1. The number of hydrogen-bond acceptors (Lipinski definition) is 6. The molecule has 0 spiro atoms. The lowest BCUT2D eigenvalue weighted by Crippen LogP contribution is -2.18. The molecule has 1 unspecified atom stereocenters. The van der Waals surface area contributed by atoms with Gasteiger partial charge in [0, 0.05) is 40.2 Å². The van der Waals surface area contributed by atoms with Crippen molar-refractivity contribution in [3.05, 3.63) is 50.2 Å². The average molecular weight is 354 g/mol. The third kappa shape index (κ3) is 4.52. The topological polar surface area (TPSA) is 89.3 Å². The van der Waals surface area contributed by atoms with Gasteiger partial charge in [-0.15, -0.1) is 11.3 Å². The third-order valence-electron chi connectivity index (χ3n) is 3.27. The van der Waals surface area contributed by atoms with Crippen LogP contribution in [0.4, 0.5) is 11.4 Å². The Morgan fingerprint density at radius 1 is 1.30 bits per heavy atom. The zero-order valence-electron chi connectivity index (χ0n) is 13.1. The predicted molar refractivity (Wildman–Crippen MR) is 92.1 cm³/mol. The first-order valence-corrected chi connectivity index (χ1v) is 9.68. The molecule has 23 heavy (non-hydrogen) atoms. The summed E-state index contributed by atoms with van der Waals surface area (Å²) < 4.78 is 23.5. The van der Waals surface area contributed by atoms with E-state index < -0.39 is 20.4 Å². The Bertz CT molecular complexity index is 828. The van der Waals surface area contributed by atoms with Gasteiger partial charge in [0.2, 0.25) is 0 Å². The molecule has 1 atom stereocenters. The maximum Gasteiger partial charge on any atom is 0.288 e. The monoisotopic (exact) mass is 354 g/mol. The van der Waals surface area contributed by atoms with Crippen molar-refractivity contribution in [3.8, 4) is 0 Å². The van der Waals surface area contributed by atoms with Crippen LogP contribution < -0.4 is 5.32 Å². The van der Waals surface area contributed by atoms with Crippen LogP contribution in [0.15, 0.2) is 35.2 Å². The Kier molecular flexibility index (Phi) is 5.06. The first-order valence-electron chi connectivity index (χ1n) is 6.97. The van der Waals surface area contributed by atoms with Gasteiger partial charge in [0.15, 0.2) is 9.84 Å². The highest BCUT2D eigenvalue weighted by molar-refractivity contribution is 7.90. The molecule has 0 saturated carbocycles. The van der Waals surface area contributed by atoms with Gasteiger partial charge in [0.25, 0.3) is 5.69 Å². The van der Waals surface area contributed by atoms with Crippen LogP contribution in [-0.4, -0.2) is 25.6 Å². The van der Waals surface area contributed by atoms with Gasteiger partial charge in [-0.05, 0) is 38.1 Å². The molecule has 2 aromatic rings. The minimum absolute atomic E-state index is 0.0712. The maximum atomic E-state index is 11.8. The molecule has 1 aromatic heterocycles. The van der Waals surface area contributed by atoms with Crippen LogP contribution in [0.1, 0.15) is 16.7 Å². The van der Waals surface area contributed by atoms with Crippen molar-refractivity contribution in [2.24, 2.45) is 0 Å². The van der Waals surface area contributed by atoms with Crippen LogP contribution in [0.25, 0.3) is 0 Å². The summed E-state index contributed by atoms with van der Waals surface area (Å²) in [6.07, 6.45) is 1.76. The van der Waals surface area contributed by atoms with Crippen molar-refractivity contribution < 1.29 is 13.3 Å². The molecule has 0 saturated heterocycles. The van der Waals surface area contributed by atoms with Gasteiger partial charge < -0.3 is 5.32 Å². The van der Waals surface area contributed by atoms with Crippen molar-refractivity contribution >= 4 is 32.5 Å². The van der Waals surface area contributed by atoms with E-state index in [9.17, 15) is 18.5 Å². The molecular formula is C15H18N2O4S2. The normalized spacial score (nSPS) is 12.8. The molecule has 2 rings (SSSR count). The van der Waals surface area contributed by atoms with Gasteiger partial charge in [-0.1, -0.05) is 0 Å². The summed E-state index contributed by atoms with van der Waals surface area (Å²) in [6.45, 7) is 4.03. The van der Waals surface area contributed by atoms with Gasteiger partial charge in [0.1, 0.15) is 4.90 Å². The van der Waals surface area contributed by atoms with E-state index in [0.717, 1.165) is 12.7 Å². The minimum Gasteiger partial charge on any atom is -0.382 e. The summed E-state index contributed by atoms with van der Waals surface area (Å²) in [5, 5.41) is 14.2. The molecule has 0 fully saturated rings. The smallest absolute Gasteiger partial charge is 0.288 e. The number of rotatable bonds is 6. The Labute approximate surface area is 139 Å². The van der Waals surface area contributed by atoms with E-state index in [-0.39, 0.29) is 10.9 Å². The van der Waals surface area contributed by atoms with Gasteiger partial charge in [-0.25, -0.2) is 8.42 Å². The van der Waals surface area contributed by atoms with Gasteiger partial charge >= 0.3 is 0 Å². The summed E-state index contributed by atoms with van der Waals surface area (Å²) in [5.74, 6) is 0. The molecule has 0 amide bonds. The lowest BCUT2D eigenvalue weighted by atomic mass is 10.2. The standard InChI is InChI=1S/C15H18N2O4S2/c1-10(8-13-6-4-11(2)22-13)16-12-5-7-14(17(18)19)15(9-12)23(3,20)21/h4-7,9-10,16H,8H2,1-3H3. The quantitative estimate of drug-likeness (QED) is 0.634. The van der Waals surface area contributed by atoms with E-state index in [1.165, 1.54) is 28.0 Å². The number of hydrogen-bond donors (Lipinski definition) is 1. The third-order valence-corrected chi connectivity index (χ3v) is 5.42. The minimum atomic E-state index is -3.67. The maximum absolute atomic E-state index is 11.8. The van der Waals surface area contributed by atoms with E-state index in [2.05, 4.69) is 17.4 Å². The molecule has 1 N–H and O–H groups in total. The van der Waals surface area contributed by atoms with Crippen molar-refractivity contribution in [3.63, 3.8) is 0 Å². The molecule has 6 nitrogen and oxygen atoms in total. The lowest BCUT2D eigenvalue weighted by Gasteiger charge is -2.15. The Hall–Kier alpha value is -1.93. The molecule has 8 heteroatoms. The second kappa shape index (κ2) is 6.67. The zero-order valence-corrected chi connectivity index (χ0v) is 14.7. The second-order valence-corrected chi connectivity index (χ2v) is 8.83. The van der Waals surface area contributed by atoms with Crippen molar-refractivity contribution in [2.45, 2.75) is 31.2 Å². The highest BCUT2D eigenvalue weighted by atomic mass is 32.2. The largest absolute Gasteiger partial charge is 0.382 e. The Balaban J connectivity index is 2.21. The summed E-state index contributed by atoms with van der Waals surface area (Å²) >= 11 is 1.72. The molecule has 0 bridgehead atoms. The summed E-state index contributed by atoms with van der Waals surface area (Å²) in [5.41, 5.74) is 0.149. The number of sulfone groups is 1. The zero-order chi connectivity index (χ0) is 17.2. The van der Waals surface area contributed by atoms with Crippen molar-refractivity contribution in [1.82, 2.24) is 0 Å². The number of nitro groups is 1. The average Bonchev–Trinajstić information content (AvgIpc) is 2.82. The molecule has 0 aliphatic rings. The first-order chi connectivity index (χ1) is 10.7. The van der Waals surface area contributed by atoms with E-state index in [4.69, 9.17) is 0 Å². The van der Waals surface area contributed by atoms with Crippen LogP contribution in [-0.2, 0) is 16.3 Å². The van der Waals surface area contributed by atoms with E-state index >= 15 is 0 Å².